The Hall–Kier alpha value is -3.52. The molecule has 0 saturated heterocycles. The van der Waals surface area contributed by atoms with E-state index in [0.29, 0.717) is 13.2 Å². The van der Waals surface area contributed by atoms with Crippen LogP contribution in [0.15, 0.2) is 49.2 Å². The molecule has 0 bridgehead atoms. The zero-order chi connectivity index (χ0) is 20.0. The van der Waals surface area contributed by atoms with E-state index in [9.17, 15) is 4.79 Å². The standard InChI is InChI=1S/C20H15ClN6O2/c1-12-22-9-15(10-23-12)26-5-4-13-8-14(2-3-16(13)26)27-6-7-29-19-17(20(27)28)18(21)24-11-25-19/h2-5,8-11H,6-7H2,1H3. The van der Waals surface area contributed by atoms with Gasteiger partial charge in [0, 0.05) is 17.3 Å². The number of ether oxygens (including phenoxy) is 1. The number of hydrogen-bond acceptors (Lipinski definition) is 6. The second-order valence-corrected chi connectivity index (χ2v) is 6.93. The topological polar surface area (TPSA) is 86.0 Å². The average molecular weight is 407 g/mol. The van der Waals surface area contributed by atoms with E-state index in [2.05, 4.69) is 19.9 Å². The number of anilines is 1. The Bertz CT molecular complexity index is 1240. The summed E-state index contributed by atoms with van der Waals surface area (Å²) in [7, 11) is 0. The van der Waals surface area contributed by atoms with Gasteiger partial charge in [0.1, 0.15) is 29.5 Å². The highest BCUT2D eigenvalue weighted by molar-refractivity contribution is 6.33. The van der Waals surface area contributed by atoms with E-state index in [0.717, 1.165) is 28.1 Å². The van der Waals surface area contributed by atoms with Crippen molar-refractivity contribution in [1.29, 1.82) is 0 Å². The highest BCUT2D eigenvalue weighted by atomic mass is 35.5. The minimum atomic E-state index is -0.284. The van der Waals surface area contributed by atoms with E-state index in [4.69, 9.17) is 16.3 Å². The number of aryl methyl sites for hydroxylation is 1. The zero-order valence-electron chi connectivity index (χ0n) is 15.4. The summed E-state index contributed by atoms with van der Waals surface area (Å²) in [6.07, 6.45) is 6.80. The van der Waals surface area contributed by atoms with Crippen LogP contribution in [0.3, 0.4) is 0 Å². The minimum Gasteiger partial charge on any atom is -0.475 e. The summed E-state index contributed by atoms with van der Waals surface area (Å²) in [6.45, 7) is 2.54. The molecule has 0 atom stereocenters. The summed E-state index contributed by atoms with van der Waals surface area (Å²) in [6, 6.07) is 7.81. The molecule has 1 aliphatic rings. The van der Waals surface area contributed by atoms with Crippen molar-refractivity contribution in [2.75, 3.05) is 18.1 Å². The molecule has 0 unspecified atom stereocenters. The van der Waals surface area contributed by atoms with Gasteiger partial charge in [-0.25, -0.2) is 19.9 Å². The van der Waals surface area contributed by atoms with Crippen LogP contribution in [-0.2, 0) is 0 Å². The predicted molar refractivity (Wildman–Crippen MR) is 108 cm³/mol. The van der Waals surface area contributed by atoms with Crippen molar-refractivity contribution in [1.82, 2.24) is 24.5 Å². The first-order chi connectivity index (χ1) is 14.1. The highest BCUT2D eigenvalue weighted by Gasteiger charge is 2.29. The quantitative estimate of drug-likeness (QED) is 0.475. The van der Waals surface area contributed by atoms with Crippen LogP contribution in [0.4, 0.5) is 5.69 Å². The third-order valence-electron chi connectivity index (χ3n) is 4.81. The molecule has 1 aromatic carbocycles. The Morgan fingerprint density at radius 1 is 1.07 bits per heavy atom. The van der Waals surface area contributed by atoms with Crippen LogP contribution >= 0.6 is 11.6 Å². The molecule has 4 heterocycles. The third-order valence-corrected chi connectivity index (χ3v) is 5.10. The molecule has 3 aromatic heterocycles. The molecule has 1 amide bonds. The summed E-state index contributed by atoms with van der Waals surface area (Å²) >= 11 is 6.15. The summed E-state index contributed by atoms with van der Waals surface area (Å²) in [5.74, 6) is 0.648. The summed E-state index contributed by atoms with van der Waals surface area (Å²) in [5, 5.41) is 1.06. The molecule has 1 aliphatic heterocycles. The maximum absolute atomic E-state index is 13.1. The number of benzene rings is 1. The molecular weight excluding hydrogens is 392 g/mol. The number of amides is 1. The monoisotopic (exact) mass is 406 g/mol. The van der Waals surface area contributed by atoms with Crippen molar-refractivity contribution < 1.29 is 9.53 Å². The fourth-order valence-corrected chi connectivity index (χ4v) is 3.59. The number of aromatic nitrogens is 5. The van der Waals surface area contributed by atoms with Crippen molar-refractivity contribution >= 4 is 34.1 Å². The lowest BCUT2D eigenvalue weighted by atomic mass is 10.2. The first-order valence-electron chi connectivity index (χ1n) is 8.97. The number of fused-ring (bicyclic) bond motifs is 2. The highest BCUT2D eigenvalue weighted by Crippen LogP contribution is 2.31. The maximum atomic E-state index is 13.1. The van der Waals surface area contributed by atoms with Gasteiger partial charge in [-0.3, -0.25) is 4.79 Å². The van der Waals surface area contributed by atoms with Gasteiger partial charge in [-0.1, -0.05) is 11.6 Å². The van der Waals surface area contributed by atoms with Crippen LogP contribution in [0.5, 0.6) is 5.88 Å². The molecule has 0 saturated carbocycles. The molecule has 0 spiro atoms. The van der Waals surface area contributed by atoms with E-state index in [1.54, 1.807) is 17.3 Å². The summed E-state index contributed by atoms with van der Waals surface area (Å²) < 4.78 is 7.60. The molecule has 0 fully saturated rings. The molecule has 0 N–H and O–H groups in total. The molecular formula is C20H15ClN6O2. The van der Waals surface area contributed by atoms with Gasteiger partial charge < -0.3 is 14.2 Å². The predicted octanol–water partition coefficient (Wildman–Crippen LogP) is 3.21. The fourth-order valence-electron chi connectivity index (χ4n) is 3.39. The lowest BCUT2D eigenvalue weighted by Crippen LogP contribution is -2.32. The SMILES string of the molecule is Cc1ncc(-n2ccc3cc(N4CCOc5ncnc(Cl)c5C4=O)ccc32)cn1. The van der Waals surface area contributed by atoms with Gasteiger partial charge in [-0.2, -0.15) is 0 Å². The molecule has 5 rings (SSSR count). The van der Waals surface area contributed by atoms with Crippen LogP contribution in [0.1, 0.15) is 16.2 Å². The van der Waals surface area contributed by atoms with Crippen LogP contribution in [0, 0.1) is 6.92 Å². The number of halogens is 1. The first-order valence-corrected chi connectivity index (χ1v) is 9.35. The largest absolute Gasteiger partial charge is 0.475 e. The van der Waals surface area contributed by atoms with Crippen molar-refractivity contribution in [3.8, 4) is 11.6 Å². The van der Waals surface area contributed by atoms with Crippen molar-refractivity contribution in [2.45, 2.75) is 6.92 Å². The maximum Gasteiger partial charge on any atom is 0.267 e. The van der Waals surface area contributed by atoms with Crippen molar-refractivity contribution in [2.24, 2.45) is 0 Å². The van der Waals surface area contributed by atoms with E-state index >= 15 is 0 Å². The molecule has 9 heteroatoms. The number of carbonyl (C=O) groups is 1. The van der Waals surface area contributed by atoms with E-state index in [1.165, 1.54) is 6.33 Å². The van der Waals surface area contributed by atoms with Crippen LogP contribution < -0.4 is 9.64 Å². The van der Waals surface area contributed by atoms with E-state index in [-0.39, 0.29) is 22.5 Å². The first kappa shape index (κ1) is 17.6. The number of rotatable bonds is 2. The normalized spacial score (nSPS) is 13.9. The van der Waals surface area contributed by atoms with E-state index < -0.39 is 0 Å². The Balaban J connectivity index is 1.55. The Morgan fingerprint density at radius 2 is 1.90 bits per heavy atom. The van der Waals surface area contributed by atoms with E-state index in [1.807, 2.05) is 42.0 Å². The Morgan fingerprint density at radius 3 is 2.72 bits per heavy atom. The smallest absolute Gasteiger partial charge is 0.267 e. The second kappa shape index (κ2) is 6.82. The molecule has 0 radical (unpaired) electrons. The van der Waals surface area contributed by atoms with Crippen LogP contribution in [0.25, 0.3) is 16.6 Å². The number of nitrogens with zero attached hydrogens (tertiary/aromatic N) is 6. The molecule has 144 valence electrons. The summed E-state index contributed by atoms with van der Waals surface area (Å²) in [5.41, 5.74) is 2.79. The molecule has 0 aliphatic carbocycles. The van der Waals surface area contributed by atoms with Crippen LogP contribution in [-0.4, -0.2) is 43.6 Å². The van der Waals surface area contributed by atoms with Gasteiger partial charge in [0.05, 0.1) is 30.1 Å². The zero-order valence-corrected chi connectivity index (χ0v) is 16.2. The minimum absolute atomic E-state index is 0.0819. The Kier molecular flexibility index (Phi) is 4.13. The molecule has 29 heavy (non-hydrogen) atoms. The van der Waals surface area contributed by atoms with Crippen LogP contribution in [0.2, 0.25) is 5.15 Å². The number of carbonyl (C=O) groups excluding carboxylic acids is 1. The average Bonchev–Trinajstić information content (AvgIpc) is 3.06. The summed E-state index contributed by atoms with van der Waals surface area (Å²) in [4.78, 5) is 31.2. The fraction of sp³-hybridized carbons (Fsp3) is 0.150. The van der Waals surface area contributed by atoms with Gasteiger partial charge >= 0.3 is 0 Å². The second-order valence-electron chi connectivity index (χ2n) is 6.57. The van der Waals surface area contributed by atoms with Gasteiger partial charge in [0.15, 0.2) is 0 Å². The molecule has 8 nitrogen and oxygen atoms in total. The van der Waals surface area contributed by atoms with Crippen molar-refractivity contribution in [3.63, 3.8) is 0 Å². The lowest BCUT2D eigenvalue weighted by Gasteiger charge is -2.20. The van der Waals surface area contributed by atoms with Gasteiger partial charge in [-0.15, -0.1) is 0 Å². The van der Waals surface area contributed by atoms with Gasteiger partial charge in [-0.05, 0) is 31.2 Å². The third kappa shape index (κ3) is 2.98. The van der Waals surface area contributed by atoms with Gasteiger partial charge in [0.2, 0.25) is 5.88 Å². The number of hydrogen-bond donors (Lipinski definition) is 0. The Labute approximate surface area is 170 Å². The lowest BCUT2D eigenvalue weighted by molar-refractivity contribution is 0.0989. The molecule has 4 aromatic rings. The van der Waals surface area contributed by atoms with Crippen molar-refractivity contribution in [3.05, 3.63) is 65.7 Å². The van der Waals surface area contributed by atoms with Gasteiger partial charge in [0.25, 0.3) is 5.91 Å².